The fraction of sp³-hybridized carbons (Fsp3) is 0.550. The predicted octanol–water partition coefficient (Wildman–Crippen LogP) is 2.19. The van der Waals surface area contributed by atoms with Gasteiger partial charge in [-0.2, -0.15) is 5.21 Å². The minimum Gasteiger partial charge on any atom is -0.481 e. The van der Waals surface area contributed by atoms with Gasteiger partial charge in [-0.1, -0.05) is 42.8 Å². The molecule has 0 radical (unpaired) electrons. The van der Waals surface area contributed by atoms with Gasteiger partial charge in [0, 0.05) is 25.4 Å². The molecule has 0 unspecified atom stereocenters. The largest absolute Gasteiger partial charge is 0.481 e. The molecule has 1 aromatic carbocycles. The lowest BCUT2D eigenvalue weighted by atomic mass is 9.83. The molecule has 1 amide bonds. The number of carboxylic acids is 1. The second kappa shape index (κ2) is 9.43. The highest BCUT2D eigenvalue weighted by Gasteiger charge is 2.32. The molecule has 0 aliphatic carbocycles. The van der Waals surface area contributed by atoms with Gasteiger partial charge in [-0.15, -0.1) is 10.2 Å². The molecule has 1 fully saturated rings. The first-order chi connectivity index (χ1) is 13.6. The molecular weight excluding hydrogens is 358 g/mol. The topological polar surface area (TPSA) is 112 Å². The second-order valence-corrected chi connectivity index (χ2v) is 7.36. The lowest BCUT2D eigenvalue weighted by Gasteiger charge is -2.21. The highest BCUT2D eigenvalue weighted by Crippen LogP contribution is 2.30. The second-order valence-electron chi connectivity index (χ2n) is 7.36. The number of nitrogens with zero attached hydrogens (tertiary/aromatic N) is 4. The zero-order chi connectivity index (χ0) is 19.9. The van der Waals surface area contributed by atoms with E-state index in [4.69, 9.17) is 0 Å². The molecule has 2 atom stereocenters. The number of nitrogens with one attached hydrogen (secondary N) is 1. The molecular formula is C20H27N5O3. The summed E-state index contributed by atoms with van der Waals surface area (Å²) in [5.41, 5.74) is 2.21. The minimum absolute atomic E-state index is 0.246. The van der Waals surface area contributed by atoms with Crippen molar-refractivity contribution < 1.29 is 14.7 Å². The third-order valence-corrected chi connectivity index (χ3v) is 5.42. The zero-order valence-corrected chi connectivity index (χ0v) is 16.2. The monoisotopic (exact) mass is 385 g/mol. The van der Waals surface area contributed by atoms with Crippen molar-refractivity contribution in [2.45, 2.75) is 51.4 Å². The molecule has 2 N–H and O–H groups in total. The average Bonchev–Trinajstić information content (AvgIpc) is 3.35. The number of carbonyl (C=O) groups is 2. The fourth-order valence-corrected chi connectivity index (χ4v) is 3.85. The van der Waals surface area contributed by atoms with E-state index in [2.05, 4.69) is 32.8 Å². The number of benzene rings is 1. The molecule has 0 saturated carbocycles. The van der Waals surface area contributed by atoms with E-state index in [0.717, 1.165) is 37.9 Å². The molecule has 3 rings (SSSR count). The first-order valence-electron chi connectivity index (χ1n) is 9.90. The molecule has 28 heavy (non-hydrogen) atoms. The number of likely N-dealkylation sites (tertiary alicyclic amines) is 1. The summed E-state index contributed by atoms with van der Waals surface area (Å²) in [6.07, 6.45) is 4.34. The maximum Gasteiger partial charge on any atom is 0.307 e. The Morgan fingerprint density at radius 1 is 1.29 bits per heavy atom. The van der Waals surface area contributed by atoms with Crippen LogP contribution < -0.4 is 0 Å². The summed E-state index contributed by atoms with van der Waals surface area (Å²) < 4.78 is 0. The lowest BCUT2D eigenvalue weighted by Crippen LogP contribution is -2.26. The number of aromatic nitrogens is 4. The molecule has 150 valence electrons. The summed E-state index contributed by atoms with van der Waals surface area (Å²) in [4.78, 5) is 25.4. The Morgan fingerprint density at radius 2 is 2.04 bits per heavy atom. The SMILES string of the molecule is CCC[C@H](C(=O)O)[C@H](Cc1ccc(CCN2CCCC2=O)cc1)c1nn[nH]n1. The van der Waals surface area contributed by atoms with E-state index >= 15 is 0 Å². The van der Waals surface area contributed by atoms with Crippen LogP contribution >= 0.6 is 0 Å². The molecule has 0 bridgehead atoms. The van der Waals surface area contributed by atoms with Crippen molar-refractivity contribution in [3.8, 4) is 0 Å². The van der Waals surface area contributed by atoms with Gasteiger partial charge in [0.15, 0.2) is 5.82 Å². The first-order valence-corrected chi connectivity index (χ1v) is 9.90. The van der Waals surface area contributed by atoms with E-state index < -0.39 is 11.9 Å². The van der Waals surface area contributed by atoms with Gasteiger partial charge in [0.2, 0.25) is 5.91 Å². The number of aliphatic carboxylic acids is 1. The molecule has 1 aliphatic rings. The smallest absolute Gasteiger partial charge is 0.307 e. The van der Waals surface area contributed by atoms with Crippen molar-refractivity contribution in [3.05, 3.63) is 41.2 Å². The number of amides is 1. The molecule has 1 aliphatic heterocycles. The van der Waals surface area contributed by atoms with Crippen LogP contribution in [0.3, 0.4) is 0 Å². The van der Waals surface area contributed by atoms with Crippen LogP contribution in [0.1, 0.15) is 55.5 Å². The molecule has 2 aromatic rings. The van der Waals surface area contributed by atoms with Crippen LogP contribution in [0, 0.1) is 5.92 Å². The van der Waals surface area contributed by atoms with E-state index in [1.807, 2.05) is 24.0 Å². The van der Waals surface area contributed by atoms with E-state index in [0.29, 0.717) is 25.1 Å². The Bertz CT molecular complexity index is 776. The first kappa shape index (κ1) is 20.0. The number of H-pyrrole nitrogens is 1. The number of tetrazole rings is 1. The van der Waals surface area contributed by atoms with Crippen molar-refractivity contribution in [1.29, 1.82) is 0 Å². The quantitative estimate of drug-likeness (QED) is 0.648. The highest BCUT2D eigenvalue weighted by atomic mass is 16.4. The van der Waals surface area contributed by atoms with Crippen molar-refractivity contribution >= 4 is 11.9 Å². The number of carboxylic acid groups (broad SMARTS) is 1. The Balaban J connectivity index is 1.67. The Labute approximate surface area is 164 Å². The predicted molar refractivity (Wildman–Crippen MR) is 103 cm³/mol. The summed E-state index contributed by atoms with van der Waals surface area (Å²) in [7, 11) is 0. The van der Waals surface area contributed by atoms with Gasteiger partial charge in [-0.3, -0.25) is 9.59 Å². The number of carbonyl (C=O) groups excluding carboxylic acids is 1. The van der Waals surface area contributed by atoms with Crippen LogP contribution in [0.5, 0.6) is 0 Å². The normalized spacial score (nSPS) is 16.3. The van der Waals surface area contributed by atoms with E-state index in [-0.39, 0.29) is 11.8 Å². The standard InChI is InChI=1S/C20H27N5O3/c1-2-4-16(20(27)28)17(19-21-23-24-22-19)13-15-8-6-14(7-9-15)10-12-25-11-3-5-18(25)26/h6-9,16-17H,2-5,10-13H2,1H3,(H,27,28)(H,21,22,23,24)/t16-,17-/m0/s1. The average molecular weight is 385 g/mol. The van der Waals surface area contributed by atoms with Crippen LogP contribution in [0.15, 0.2) is 24.3 Å². The number of hydrogen-bond acceptors (Lipinski definition) is 5. The van der Waals surface area contributed by atoms with Crippen molar-refractivity contribution in [2.24, 2.45) is 5.92 Å². The summed E-state index contributed by atoms with van der Waals surface area (Å²) >= 11 is 0. The van der Waals surface area contributed by atoms with Crippen molar-refractivity contribution in [1.82, 2.24) is 25.5 Å². The highest BCUT2D eigenvalue weighted by molar-refractivity contribution is 5.78. The molecule has 2 heterocycles. The summed E-state index contributed by atoms with van der Waals surface area (Å²) in [5.74, 6) is -1.02. The van der Waals surface area contributed by atoms with E-state index in [9.17, 15) is 14.7 Å². The van der Waals surface area contributed by atoms with Gasteiger partial charge in [-0.25, -0.2) is 0 Å². The Hall–Kier alpha value is -2.77. The van der Waals surface area contributed by atoms with Crippen molar-refractivity contribution in [3.63, 3.8) is 0 Å². The zero-order valence-electron chi connectivity index (χ0n) is 16.2. The molecule has 1 saturated heterocycles. The molecule has 8 heteroatoms. The van der Waals surface area contributed by atoms with Gasteiger partial charge < -0.3 is 10.0 Å². The summed E-state index contributed by atoms with van der Waals surface area (Å²) in [6, 6.07) is 8.16. The molecule has 8 nitrogen and oxygen atoms in total. The van der Waals surface area contributed by atoms with E-state index in [1.165, 1.54) is 5.56 Å². The van der Waals surface area contributed by atoms with Crippen LogP contribution in [0.25, 0.3) is 0 Å². The number of rotatable bonds is 10. The maximum absolute atomic E-state index is 11.8. The van der Waals surface area contributed by atoms with E-state index in [1.54, 1.807) is 0 Å². The fourth-order valence-electron chi connectivity index (χ4n) is 3.85. The van der Waals surface area contributed by atoms with Crippen LogP contribution in [-0.2, 0) is 22.4 Å². The number of hydrogen-bond donors (Lipinski definition) is 2. The van der Waals surface area contributed by atoms with Gasteiger partial charge in [0.25, 0.3) is 0 Å². The van der Waals surface area contributed by atoms with Gasteiger partial charge in [0.05, 0.1) is 5.92 Å². The third-order valence-electron chi connectivity index (χ3n) is 5.42. The molecule has 1 aromatic heterocycles. The summed E-state index contributed by atoms with van der Waals surface area (Å²) in [5, 5.41) is 23.8. The lowest BCUT2D eigenvalue weighted by molar-refractivity contribution is -0.143. The van der Waals surface area contributed by atoms with Gasteiger partial charge >= 0.3 is 5.97 Å². The van der Waals surface area contributed by atoms with Gasteiger partial charge in [-0.05, 0) is 36.8 Å². The van der Waals surface area contributed by atoms with Crippen LogP contribution in [-0.4, -0.2) is 55.6 Å². The van der Waals surface area contributed by atoms with Crippen LogP contribution in [0.2, 0.25) is 0 Å². The molecule has 0 spiro atoms. The number of aromatic amines is 1. The van der Waals surface area contributed by atoms with Gasteiger partial charge in [0.1, 0.15) is 0 Å². The van der Waals surface area contributed by atoms with Crippen molar-refractivity contribution in [2.75, 3.05) is 13.1 Å². The van der Waals surface area contributed by atoms with Crippen LogP contribution in [0.4, 0.5) is 0 Å². The maximum atomic E-state index is 11.8. The third kappa shape index (κ3) is 4.94. The summed E-state index contributed by atoms with van der Waals surface area (Å²) in [6.45, 7) is 3.59. The minimum atomic E-state index is -0.830. The Kier molecular flexibility index (Phi) is 6.73. The Morgan fingerprint density at radius 3 is 2.61 bits per heavy atom.